The van der Waals surface area contributed by atoms with Gasteiger partial charge in [0.25, 0.3) is 6.04 Å². The number of ketones is 1. The predicted molar refractivity (Wildman–Crippen MR) is 69.8 cm³/mol. The topological polar surface area (TPSA) is 60.2 Å². The van der Waals surface area contributed by atoms with Gasteiger partial charge in [-0.2, -0.15) is 0 Å². The number of nitro groups is 1. The maximum atomic E-state index is 11.5. The average molecular weight is 317 g/mol. The number of Topliss-reactive ketones (excluding diaryl/α,β-unsaturated/α-hetero) is 1. The van der Waals surface area contributed by atoms with Crippen LogP contribution in [0.5, 0.6) is 0 Å². The molecular formula is C12H23NO3Sr+2. The molecule has 0 saturated heterocycles. The van der Waals surface area contributed by atoms with Crippen LogP contribution in [0, 0.1) is 10.1 Å². The van der Waals surface area contributed by atoms with Gasteiger partial charge in [-0.15, -0.1) is 0 Å². The van der Waals surface area contributed by atoms with Gasteiger partial charge in [0, 0.05) is 17.8 Å². The van der Waals surface area contributed by atoms with Gasteiger partial charge in [-0.05, 0) is 12.8 Å². The van der Waals surface area contributed by atoms with Crippen molar-refractivity contribution in [2.75, 3.05) is 0 Å². The first kappa shape index (κ1) is 19.9. The molecule has 0 aliphatic heterocycles. The number of hydrogen-bond donors (Lipinski definition) is 0. The van der Waals surface area contributed by atoms with E-state index in [2.05, 4.69) is 6.92 Å². The van der Waals surface area contributed by atoms with E-state index < -0.39 is 11.0 Å². The molecule has 0 aromatic heterocycles. The van der Waals surface area contributed by atoms with Crippen LogP contribution in [0.2, 0.25) is 0 Å². The van der Waals surface area contributed by atoms with Gasteiger partial charge in [-0.3, -0.25) is 14.9 Å². The number of carbonyl (C=O) groups is 1. The first-order valence-corrected chi connectivity index (χ1v) is 6.29. The molecule has 1 unspecified atom stereocenters. The van der Waals surface area contributed by atoms with E-state index >= 15 is 0 Å². The van der Waals surface area contributed by atoms with Crippen molar-refractivity contribution in [1.82, 2.24) is 0 Å². The molecule has 0 N–H and O–H groups in total. The number of rotatable bonds is 10. The SMILES string of the molecule is CCCCCCCC(C(=O)CCC)[N+](=O)[O-].[Sr+2]. The molecule has 4 nitrogen and oxygen atoms in total. The zero-order chi connectivity index (χ0) is 12.4. The van der Waals surface area contributed by atoms with Gasteiger partial charge in [-0.1, -0.05) is 39.5 Å². The van der Waals surface area contributed by atoms with Crippen LogP contribution in [0.25, 0.3) is 0 Å². The van der Waals surface area contributed by atoms with Crippen molar-refractivity contribution in [2.45, 2.75) is 71.3 Å². The summed E-state index contributed by atoms with van der Waals surface area (Å²) in [4.78, 5) is 21.8. The summed E-state index contributed by atoms with van der Waals surface area (Å²) in [5.74, 6) is -0.206. The third-order valence-corrected chi connectivity index (χ3v) is 2.70. The molecule has 0 amide bonds. The van der Waals surface area contributed by atoms with E-state index in [9.17, 15) is 14.9 Å². The second-order valence-electron chi connectivity index (χ2n) is 4.22. The first-order valence-electron chi connectivity index (χ1n) is 6.29. The second-order valence-corrected chi connectivity index (χ2v) is 4.22. The summed E-state index contributed by atoms with van der Waals surface area (Å²) in [6.07, 6.45) is 6.68. The maximum Gasteiger partial charge on any atom is 2.00 e. The molecule has 0 fully saturated rings. The van der Waals surface area contributed by atoms with Gasteiger partial charge >= 0.3 is 45.5 Å². The van der Waals surface area contributed by atoms with Gasteiger partial charge in [0.05, 0.1) is 0 Å². The number of carbonyl (C=O) groups excluding carboxylic acids is 1. The van der Waals surface area contributed by atoms with Gasteiger partial charge < -0.3 is 0 Å². The smallest absolute Gasteiger partial charge is 0.292 e. The summed E-state index contributed by atoms with van der Waals surface area (Å²) in [7, 11) is 0. The fourth-order valence-corrected chi connectivity index (χ4v) is 1.74. The van der Waals surface area contributed by atoms with Crippen LogP contribution in [0.4, 0.5) is 0 Å². The third kappa shape index (κ3) is 10.2. The molecule has 0 bridgehead atoms. The fourth-order valence-electron chi connectivity index (χ4n) is 1.74. The Balaban J connectivity index is 0. The monoisotopic (exact) mass is 317 g/mol. The van der Waals surface area contributed by atoms with Crippen molar-refractivity contribution < 1.29 is 9.72 Å². The molecule has 1 atom stereocenters. The molecule has 17 heavy (non-hydrogen) atoms. The first-order chi connectivity index (χ1) is 7.63. The minimum absolute atomic E-state index is 0. The van der Waals surface area contributed by atoms with Gasteiger partial charge in [0.15, 0.2) is 0 Å². The molecule has 0 aromatic carbocycles. The van der Waals surface area contributed by atoms with E-state index in [-0.39, 0.29) is 51.3 Å². The van der Waals surface area contributed by atoms with E-state index in [0.29, 0.717) is 19.3 Å². The minimum Gasteiger partial charge on any atom is -0.292 e. The molecule has 0 rings (SSSR count). The Morgan fingerprint density at radius 3 is 2.18 bits per heavy atom. The zero-order valence-corrected chi connectivity index (χ0v) is 14.6. The summed E-state index contributed by atoms with van der Waals surface area (Å²) in [6, 6.07) is -0.957. The summed E-state index contributed by atoms with van der Waals surface area (Å²) in [6.45, 7) is 4.00. The predicted octanol–water partition coefficient (Wildman–Crippen LogP) is 2.98. The molecule has 0 heterocycles. The summed E-state index contributed by atoms with van der Waals surface area (Å²) < 4.78 is 0. The molecule has 0 saturated carbocycles. The Morgan fingerprint density at radius 2 is 1.71 bits per heavy atom. The minimum atomic E-state index is -0.957. The van der Waals surface area contributed by atoms with E-state index in [1.54, 1.807) is 0 Å². The number of unbranched alkanes of at least 4 members (excludes halogenated alkanes) is 4. The largest absolute Gasteiger partial charge is 2.00 e. The van der Waals surface area contributed by atoms with Crippen LogP contribution in [0.15, 0.2) is 0 Å². The molecule has 5 heteroatoms. The van der Waals surface area contributed by atoms with Gasteiger partial charge in [-0.25, -0.2) is 0 Å². The van der Waals surface area contributed by atoms with Crippen molar-refractivity contribution in [3.8, 4) is 0 Å². The number of nitrogens with zero attached hydrogens (tertiary/aromatic N) is 1. The van der Waals surface area contributed by atoms with Crippen molar-refractivity contribution in [1.29, 1.82) is 0 Å². The zero-order valence-electron chi connectivity index (χ0n) is 11.1. The maximum absolute atomic E-state index is 11.5. The fraction of sp³-hybridized carbons (Fsp3) is 0.917. The average Bonchev–Trinajstić information content (AvgIpc) is 2.23. The van der Waals surface area contributed by atoms with E-state index in [1.165, 1.54) is 6.42 Å². The molecular weight excluding hydrogens is 294 g/mol. The standard InChI is InChI=1S/C12H23NO3.Sr/c1-3-5-6-7-8-10-11(13(15)16)12(14)9-4-2;/h11H,3-10H2,1-2H3;/q;+2. The van der Waals surface area contributed by atoms with Crippen molar-refractivity contribution >= 4 is 51.3 Å². The van der Waals surface area contributed by atoms with Crippen molar-refractivity contribution in [2.24, 2.45) is 0 Å². The van der Waals surface area contributed by atoms with E-state index in [4.69, 9.17) is 0 Å². The molecule has 0 aliphatic rings. The van der Waals surface area contributed by atoms with Gasteiger partial charge in [0.2, 0.25) is 5.78 Å². The van der Waals surface area contributed by atoms with Crippen molar-refractivity contribution in [3.05, 3.63) is 10.1 Å². The Hall–Kier alpha value is 0.551. The van der Waals surface area contributed by atoms with Crippen molar-refractivity contribution in [3.63, 3.8) is 0 Å². The quantitative estimate of drug-likeness (QED) is 0.269. The third-order valence-electron chi connectivity index (χ3n) is 2.70. The van der Waals surface area contributed by atoms with Crippen LogP contribution in [0.3, 0.4) is 0 Å². The Morgan fingerprint density at radius 1 is 1.12 bits per heavy atom. The summed E-state index contributed by atoms with van der Waals surface area (Å²) in [5, 5.41) is 10.7. The van der Waals surface area contributed by atoms with E-state index in [1.807, 2.05) is 6.92 Å². The van der Waals surface area contributed by atoms with Crippen LogP contribution in [0.1, 0.15) is 65.2 Å². The Bertz CT molecular complexity index is 222. The molecule has 94 valence electrons. The Labute approximate surface area is 141 Å². The van der Waals surface area contributed by atoms with Gasteiger partial charge in [0.1, 0.15) is 0 Å². The Kier molecular flexibility index (Phi) is 15.2. The second kappa shape index (κ2) is 13.0. The molecule has 0 radical (unpaired) electrons. The van der Waals surface area contributed by atoms with Crippen LogP contribution in [-0.2, 0) is 4.79 Å². The summed E-state index contributed by atoms with van der Waals surface area (Å²) in [5.41, 5.74) is 0. The van der Waals surface area contributed by atoms with Crippen LogP contribution in [-0.4, -0.2) is 62.2 Å². The molecule has 0 aromatic rings. The summed E-state index contributed by atoms with van der Waals surface area (Å²) >= 11 is 0. The van der Waals surface area contributed by atoms with Crippen LogP contribution < -0.4 is 0 Å². The van der Waals surface area contributed by atoms with Crippen LogP contribution >= 0.6 is 0 Å². The normalized spacial score (nSPS) is 11.6. The number of hydrogen-bond acceptors (Lipinski definition) is 3. The molecule has 0 spiro atoms. The molecule has 0 aliphatic carbocycles. The van der Waals surface area contributed by atoms with E-state index in [0.717, 1.165) is 25.7 Å².